The summed E-state index contributed by atoms with van der Waals surface area (Å²) in [5.74, 6) is -5.98. The number of carboxylic acids is 2. The number of carbonyl (C=O) groups is 11. The fourth-order valence-corrected chi connectivity index (χ4v) is 6.03. The van der Waals surface area contributed by atoms with Crippen LogP contribution in [0.5, 0.6) is 0 Å². The van der Waals surface area contributed by atoms with Crippen LogP contribution < -0.4 is 0 Å². The first-order valence-electron chi connectivity index (χ1n) is 30.6. The van der Waals surface area contributed by atoms with Gasteiger partial charge in [0, 0.05) is 18.6 Å². The van der Waals surface area contributed by atoms with Gasteiger partial charge in [-0.05, 0) is 83.5 Å². The number of nitrogens with zero attached hydrogens (tertiary/aromatic N) is 2. The number of carbonyl (C=O) groups excluding carboxylic acids is 9. The van der Waals surface area contributed by atoms with Crippen molar-refractivity contribution in [2.45, 2.75) is 199 Å². The Balaban J connectivity index is -0.000000320. The molecule has 1 rings (SSSR count). The zero-order chi connectivity index (χ0) is 68.3. The highest BCUT2D eigenvalue weighted by Gasteiger charge is 2.36. The van der Waals surface area contributed by atoms with Crippen molar-refractivity contribution in [2.24, 2.45) is 47.3 Å². The van der Waals surface area contributed by atoms with Crippen LogP contribution in [0.4, 0.5) is 0 Å². The van der Waals surface area contributed by atoms with Gasteiger partial charge < -0.3 is 52.8 Å². The lowest BCUT2D eigenvalue weighted by Crippen LogP contribution is -2.34. The quantitative estimate of drug-likeness (QED) is 0.0252. The Bertz CT molecular complexity index is 2000. The van der Waals surface area contributed by atoms with E-state index < -0.39 is 41.7 Å². The minimum Gasteiger partial charge on any atom is -0.481 e. The zero-order valence-electron chi connectivity index (χ0n) is 54.7. The molecule has 1 saturated carbocycles. The van der Waals surface area contributed by atoms with Crippen LogP contribution in [0.15, 0.2) is 25.3 Å². The van der Waals surface area contributed by atoms with E-state index in [2.05, 4.69) is 22.6 Å². The Labute approximate surface area is 523 Å². The fraction of sp³-hybridized carbons (Fsp3) is 0.734. The average molecular weight is 1260 g/mol. The third kappa shape index (κ3) is 54.1. The van der Waals surface area contributed by atoms with Gasteiger partial charge in [0.1, 0.15) is 39.6 Å². The van der Waals surface area contributed by atoms with Gasteiger partial charge in [-0.25, -0.2) is 9.59 Å². The van der Waals surface area contributed by atoms with Crippen molar-refractivity contribution in [3.63, 3.8) is 0 Å². The van der Waals surface area contributed by atoms with Gasteiger partial charge in [-0.3, -0.25) is 43.2 Å². The molecule has 0 aromatic rings. The number of hydrogen-bond acceptors (Lipinski definition) is 22. The monoisotopic (exact) mass is 1250 g/mol. The van der Waals surface area contributed by atoms with Crippen LogP contribution in [-0.2, 0) is 95.4 Å². The number of nitriles is 2. The van der Waals surface area contributed by atoms with Crippen LogP contribution in [0.25, 0.3) is 0 Å². The minimum atomic E-state index is -0.913. The van der Waals surface area contributed by atoms with Crippen LogP contribution in [0.1, 0.15) is 199 Å². The van der Waals surface area contributed by atoms with E-state index in [1.54, 1.807) is 13.8 Å². The molecule has 0 heterocycles. The topological polar surface area (TPSA) is 359 Å². The van der Waals surface area contributed by atoms with E-state index in [0.29, 0.717) is 45.3 Å². The summed E-state index contributed by atoms with van der Waals surface area (Å²) >= 11 is 0. The molecule has 1 fully saturated rings. The highest BCUT2D eigenvalue weighted by Crippen LogP contribution is 2.31. The van der Waals surface area contributed by atoms with Gasteiger partial charge in [0.25, 0.3) is 0 Å². The van der Waals surface area contributed by atoms with E-state index in [4.69, 9.17) is 53.9 Å². The second-order valence-corrected chi connectivity index (χ2v) is 20.3. The maximum absolute atomic E-state index is 12.0. The molecule has 0 amide bonds. The molecule has 1 aliphatic rings. The highest BCUT2D eigenvalue weighted by atomic mass is 16.6. The predicted molar refractivity (Wildman–Crippen MR) is 325 cm³/mol. The second-order valence-electron chi connectivity index (χ2n) is 20.3. The number of ether oxygens (including phenoxy) is 9. The summed E-state index contributed by atoms with van der Waals surface area (Å²) in [6.07, 6.45) is 13.7. The van der Waals surface area contributed by atoms with Gasteiger partial charge in [-0.15, -0.1) is 0 Å². The van der Waals surface area contributed by atoms with Gasteiger partial charge >= 0.3 is 65.7 Å². The lowest BCUT2D eigenvalue weighted by molar-refractivity contribution is -0.160. The standard InChI is InChI=1S/C17H28O6.C11H20O4.2C10H16O4.2C8H13NO2/c1-3-12(2)16(20)22-10-6-7-11-23-17(21)14-9-5-4-8-13(14)15(18)19;1-3-9(2)11(14)15-8-6-4-5-7-10(12)13;2*1-4-8(3)10(12)14-7-6-13-9(11)5-2;2*1-3-7(2)8(10)11-6-4-5-9/h12-14H,3-11H2,1-2H3,(H,18,19);9H,3-8H2,1-2H3,(H,12,13);2*5,8H,2,4,6-7H2,1,3H3;2*7H,3-4,6H2,1-2H3. The number of aliphatic carboxylic acids is 2. The van der Waals surface area contributed by atoms with Crippen LogP contribution in [0, 0.1) is 70.0 Å². The molecule has 0 saturated heterocycles. The summed E-state index contributed by atoms with van der Waals surface area (Å²) < 4.78 is 43.8. The van der Waals surface area contributed by atoms with Crippen molar-refractivity contribution in [3.8, 4) is 12.1 Å². The number of unbranched alkanes of at least 4 members (excludes halogenated alkanes) is 3. The van der Waals surface area contributed by atoms with Gasteiger partial charge in [0.05, 0.1) is 92.1 Å². The van der Waals surface area contributed by atoms with Gasteiger partial charge in [0.2, 0.25) is 0 Å². The predicted octanol–water partition coefficient (Wildman–Crippen LogP) is 10.6. The normalized spacial score (nSPS) is 14.5. The molecule has 2 N–H and O–H groups in total. The van der Waals surface area contributed by atoms with E-state index in [9.17, 15) is 52.7 Å². The van der Waals surface area contributed by atoms with Crippen LogP contribution in [0.3, 0.4) is 0 Å². The van der Waals surface area contributed by atoms with E-state index >= 15 is 0 Å². The smallest absolute Gasteiger partial charge is 0.330 e. The molecule has 24 heteroatoms. The number of hydrogen-bond donors (Lipinski definition) is 2. The van der Waals surface area contributed by atoms with Gasteiger partial charge in [-0.1, -0.05) is 109 Å². The molecule has 0 radical (unpaired) electrons. The lowest BCUT2D eigenvalue weighted by Gasteiger charge is -2.26. The molecule has 0 aromatic carbocycles. The highest BCUT2D eigenvalue weighted by molar-refractivity contribution is 5.82. The molecular weight excluding hydrogens is 1150 g/mol. The molecule has 0 aromatic heterocycles. The molecular formula is C64H106N2O22. The maximum atomic E-state index is 12.0. The van der Waals surface area contributed by atoms with Crippen LogP contribution in [-0.4, -0.2) is 135 Å². The maximum Gasteiger partial charge on any atom is 0.330 e. The molecule has 8 atom stereocenters. The van der Waals surface area contributed by atoms with Crippen LogP contribution >= 0.6 is 0 Å². The van der Waals surface area contributed by atoms with Gasteiger partial charge in [0.15, 0.2) is 0 Å². The SMILES string of the molecule is C=CC(=O)OCCOC(=O)C(C)CC.C=CC(=O)OCCOC(=O)C(C)CC.CCC(C)C(=O)OCCC#N.CCC(C)C(=O)OCCC#N.CCC(C)C(=O)OCCCCCC(=O)O.CCC(C)C(=O)OCCCCOC(=O)C1CCCCC1C(=O)O. The van der Waals surface area contributed by atoms with E-state index in [1.807, 2.05) is 81.4 Å². The minimum absolute atomic E-state index is 0.0379. The molecule has 0 bridgehead atoms. The van der Waals surface area contributed by atoms with Crippen molar-refractivity contribution in [1.29, 1.82) is 10.5 Å². The Morgan fingerprint density at radius 2 is 0.682 bits per heavy atom. The Morgan fingerprint density at radius 1 is 0.409 bits per heavy atom. The molecule has 24 nitrogen and oxygen atoms in total. The summed E-state index contributed by atoms with van der Waals surface area (Å²) in [5, 5.41) is 33.8. The first-order valence-corrected chi connectivity index (χ1v) is 30.6. The number of esters is 9. The Kier molecular flexibility index (Phi) is 62.2. The third-order valence-corrected chi connectivity index (χ3v) is 13.2. The molecule has 1 aliphatic carbocycles. The number of rotatable bonds is 37. The van der Waals surface area contributed by atoms with Gasteiger partial charge in [-0.2, -0.15) is 10.5 Å². The summed E-state index contributed by atoms with van der Waals surface area (Å²) in [7, 11) is 0. The average Bonchev–Trinajstić information content (AvgIpc) is 3.73. The summed E-state index contributed by atoms with van der Waals surface area (Å²) in [5.41, 5.74) is 0. The lowest BCUT2D eigenvalue weighted by atomic mass is 9.79. The third-order valence-electron chi connectivity index (χ3n) is 13.2. The van der Waals surface area contributed by atoms with Crippen molar-refractivity contribution >= 4 is 65.7 Å². The van der Waals surface area contributed by atoms with Crippen molar-refractivity contribution in [2.75, 3.05) is 59.5 Å². The number of carboxylic acid groups (broad SMARTS) is 2. The van der Waals surface area contributed by atoms with E-state index in [0.717, 1.165) is 76.4 Å². The van der Waals surface area contributed by atoms with Crippen molar-refractivity contribution in [3.05, 3.63) is 25.3 Å². The zero-order valence-corrected chi connectivity index (χ0v) is 54.7. The van der Waals surface area contributed by atoms with E-state index in [-0.39, 0.29) is 137 Å². The Morgan fingerprint density at radius 3 is 0.966 bits per heavy atom. The Hall–Kier alpha value is -7.37. The molecule has 0 aliphatic heterocycles. The second kappa shape index (κ2) is 61.3. The summed E-state index contributed by atoms with van der Waals surface area (Å²) in [4.78, 5) is 121. The summed E-state index contributed by atoms with van der Waals surface area (Å²) in [6.45, 7) is 30.6. The van der Waals surface area contributed by atoms with Crippen molar-refractivity contribution in [1.82, 2.24) is 0 Å². The summed E-state index contributed by atoms with van der Waals surface area (Å²) in [6, 6.07) is 3.81. The van der Waals surface area contributed by atoms with Crippen LogP contribution in [0.2, 0.25) is 0 Å². The first-order chi connectivity index (χ1) is 41.7. The first kappa shape index (κ1) is 89.4. The van der Waals surface area contributed by atoms with E-state index in [1.165, 1.54) is 0 Å². The van der Waals surface area contributed by atoms with Crippen molar-refractivity contribution < 1.29 is 106 Å². The largest absolute Gasteiger partial charge is 0.481 e. The molecule has 0 spiro atoms. The molecule has 88 heavy (non-hydrogen) atoms. The molecule has 504 valence electrons. The fourth-order valence-electron chi connectivity index (χ4n) is 6.03. The molecule has 8 unspecified atom stereocenters.